The summed E-state index contributed by atoms with van der Waals surface area (Å²) in [6.45, 7) is 8.10. The van der Waals surface area contributed by atoms with E-state index in [1.165, 1.54) is 0 Å². The Morgan fingerprint density at radius 1 is 1.44 bits per heavy atom. The van der Waals surface area contributed by atoms with Gasteiger partial charge in [-0.05, 0) is 27.3 Å². The number of carbonyl (C=O) groups is 1. The highest BCUT2D eigenvalue weighted by molar-refractivity contribution is 5.70. The number of methoxy groups -OCH3 is 1. The van der Waals surface area contributed by atoms with Gasteiger partial charge in [-0.25, -0.2) is 0 Å². The second-order valence-electron chi connectivity index (χ2n) is 5.81. The number of likely N-dealkylation sites (N-methyl/N-ethyl adjacent to an activating group) is 1. The van der Waals surface area contributed by atoms with Crippen LogP contribution in [0, 0.1) is 5.92 Å². The topological polar surface area (TPSA) is 53.0 Å². The van der Waals surface area contributed by atoms with Gasteiger partial charge < -0.3 is 14.7 Å². The van der Waals surface area contributed by atoms with Gasteiger partial charge >= 0.3 is 5.97 Å². The Hall–Kier alpha value is -0.650. The van der Waals surface area contributed by atoms with E-state index in [0.29, 0.717) is 13.1 Å². The van der Waals surface area contributed by atoms with E-state index in [1.54, 1.807) is 7.11 Å². The van der Waals surface area contributed by atoms with E-state index in [0.717, 1.165) is 26.1 Å². The average molecular weight is 258 g/mol. The third-order valence-corrected chi connectivity index (χ3v) is 3.79. The molecule has 0 radical (unpaired) electrons. The molecule has 1 fully saturated rings. The minimum absolute atomic E-state index is 0.0112. The number of hydrogen-bond donors (Lipinski definition) is 1. The fourth-order valence-corrected chi connectivity index (χ4v) is 2.44. The lowest BCUT2D eigenvalue weighted by atomic mass is 10.0. The normalized spacial score (nSPS) is 25.9. The van der Waals surface area contributed by atoms with Gasteiger partial charge in [0.1, 0.15) is 0 Å². The third kappa shape index (κ3) is 4.23. The lowest BCUT2D eigenvalue weighted by Crippen LogP contribution is -2.47. The van der Waals surface area contributed by atoms with E-state index in [9.17, 15) is 9.90 Å². The highest BCUT2D eigenvalue weighted by Crippen LogP contribution is 2.21. The number of rotatable bonds is 5. The summed E-state index contributed by atoms with van der Waals surface area (Å²) in [5.74, 6) is -1.00. The molecule has 5 nitrogen and oxygen atoms in total. The van der Waals surface area contributed by atoms with Gasteiger partial charge in [-0.15, -0.1) is 0 Å². The second kappa shape index (κ2) is 6.50. The van der Waals surface area contributed by atoms with Crippen LogP contribution in [0.5, 0.6) is 0 Å². The molecule has 0 bridgehead atoms. The van der Waals surface area contributed by atoms with Crippen LogP contribution in [0.3, 0.4) is 0 Å². The zero-order valence-corrected chi connectivity index (χ0v) is 12.0. The molecule has 1 unspecified atom stereocenters. The molecule has 1 heterocycles. The van der Waals surface area contributed by atoms with Gasteiger partial charge in [-0.2, -0.15) is 0 Å². The molecule has 1 aliphatic rings. The van der Waals surface area contributed by atoms with Crippen LogP contribution in [0.15, 0.2) is 0 Å². The van der Waals surface area contributed by atoms with Crippen LogP contribution in [-0.2, 0) is 9.53 Å². The van der Waals surface area contributed by atoms with Crippen molar-refractivity contribution in [2.45, 2.75) is 25.8 Å². The zero-order valence-electron chi connectivity index (χ0n) is 12.0. The number of aliphatic carboxylic acids is 1. The Morgan fingerprint density at radius 2 is 2.11 bits per heavy atom. The van der Waals surface area contributed by atoms with Crippen LogP contribution in [0.25, 0.3) is 0 Å². The largest absolute Gasteiger partial charge is 0.481 e. The molecule has 1 N–H and O–H groups in total. The Bertz CT molecular complexity index is 281. The van der Waals surface area contributed by atoms with Gasteiger partial charge in [0.05, 0.1) is 5.92 Å². The van der Waals surface area contributed by atoms with Crippen molar-refractivity contribution in [3.63, 3.8) is 0 Å². The molecule has 1 atom stereocenters. The lowest BCUT2D eigenvalue weighted by Gasteiger charge is -2.36. The number of nitrogens with zero attached hydrogens (tertiary/aromatic N) is 2. The molecule has 0 aromatic carbocycles. The lowest BCUT2D eigenvalue weighted by molar-refractivity contribution is -0.142. The van der Waals surface area contributed by atoms with E-state index in [-0.39, 0.29) is 11.5 Å². The van der Waals surface area contributed by atoms with Crippen molar-refractivity contribution in [3.05, 3.63) is 0 Å². The van der Waals surface area contributed by atoms with E-state index in [4.69, 9.17) is 4.74 Å². The Labute approximate surface area is 110 Å². The Balaban J connectivity index is 2.67. The molecule has 0 spiro atoms. The predicted octanol–water partition coefficient (Wildman–Crippen LogP) is 0.750. The number of carboxylic acids is 1. The first-order valence-electron chi connectivity index (χ1n) is 6.52. The van der Waals surface area contributed by atoms with Crippen LogP contribution in [0.4, 0.5) is 0 Å². The first kappa shape index (κ1) is 15.4. The molecule has 0 amide bonds. The molecule has 0 aromatic rings. The first-order chi connectivity index (χ1) is 8.36. The number of carboxylic acid groups (broad SMARTS) is 1. The first-order valence-corrected chi connectivity index (χ1v) is 6.52. The minimum atomic E-state index is -0.698. The van der Waals surface area contributed by atoms with Crippen LogP contribution in [0.1, 0.15) is 20.3 Å². The average Bonchev–Trinajstić information content (AvgIpc) is 2.37. The monoisotopic (exact) mass is 258 g/mol. The summed E-state index contributed by atoms with van der Waals surface area (Å²) in [6.07, 6.45) is 0.947. The van der Waals surface area contributed by atoms with Crippen molar-refractivity contribution in [2.75, 3.05) is 46.9 Å². The van der Waals surface area contributed by atoms with Gasteiger partial charge in [0, 0.05) is 45.4 Å². The summed E-state index contributed by atoms with van der Waals surface area (Å²) in [5.41, 5.74) is 0.0112. The number of hydrogen-bond acceptors (Lipinski definition) is 4. The summed E-state index contributed by atoms with van der Waals surface area (Å²) < 4.78 is 5.06. The van der Waals surface area contributed by atoms with Crippen molar-refractivity contribution in [1.82, 2.24) is 9.80 Å². The molecule has 0 aliphatic carbocycles. The van der Waals surface area contributed by atoms with E-state index < -0.39 is 5.97 Å². The summed E-state index contributed by atoms with van der Waals surface area (Å²) in [7, 11) is 3.70. The maximum atomic E-state index is 11.3. The molecule has 1 saturated heterocycles. The molecular formula is C13H26N2O3. The molecule has 1 rings (SSSR count). The van der Waals surface area contributed by atoms with Crippen LogP contribution < -0.4 is 0 Å². The fraction of sp³-hybridized carbons (Fsp3) is 0.923. The SMILES string of the molecule is COCCCN1CC(C(=O)O)CN(C)C(C)(C)C1. The van der Waals surface area contributed by atoms with Crippen molar-refractivity contribution < 1.29 is 14.6 Å². The summed E-state index contributed by atoms with van der Waals surface area (Å²) >= 11 is 0. The Kier molecular flexibility index (Phi) is 5.56. The molecule has 18 heavy (non-hydrogen) atoms. The molecule has 106 valence electrons. The zero-order chi connectivity index (χ0) is 13.8. The molecule has 1 aliphatic heterocycles. The maximum Gasteiger partial charge on any atom is 0.309 e. The standard InChI is InChI=1S/C13H26N2O3/c1-13(2)10-15(6-5-7-18-4)9-11(12(16)17)8-14(13)3/h11H,5-10H2,1-4H3,(H,16,17). The summed E-state index contributed by atoms with van der Waals surface area (Å²) in [4.78, 5) is 15.7. The van der Waals surface area contributed by atoms with Crippen molar-refractivity contribution in [1.29, 1.82) is 0 Å². The number of ether oxygens (including phenoxy) is 1. The molecule has 5 heteroatoms. The van der Waals surface area contributed by atoms with E-state index >= 15 is 0 Å². The van der Waals surface area contributed by atoms with Crippen molar-refractivity contribution in [2.24, 2.45) is 5.92 Å². The van der Waals surface area contributed by atoms with Gasteiger partial charge in [0.2, 0.25) is 0 Å². The fourth-order valence-electron chi connectivity index (χ4n) is 2.44. The molecule has 0 saturated carbocycles. The summed E-state index contributed by atoms with van der Waals surface area (Å²) in [6, 6.07) is 0. The van der Waals surface area contributed by atoms with Gasteiger partial charge in [0.25, 0.3) is 0 Å². The Morgan fingerprint density at radius 3 is 2.67 bits per heavy atom. The van der Waals surface area contributed by atoms with Crippen molar-refractivity contribution >= 4 is 5.97 Å². The quantitative estimate of drug-likeness (QED) is 0.738. The van der Waals surface area contributed by atoms with Crippen LogP contribution in [0.2, 0.25) is 0 Å². The van der Waals surface area contributed by atoms with Gasteiger partial charge in [-0.3, -0.25) is 9.69 Å². The highest BCUT2D eigenvalue weighted by Gasteiger charge is 2.35. The second-order valence-corrected chi connectivity index (χ2v) is 5.81. The van der Waals surface area contributed by atoms with Gasteiger partial charge in [0.15, 0.2) is 0 Å². The maximum absolute atomic E-state index is 11.3. The third-order valence-electron chi connectivity index (χ3n) is 3.79. The smallest absolute Gasteiger partial charge is 0.309 e. The molecule has 0 aromatic heterocycles. The summed E-state index contributed by atoms with van der Waals surface area (Å²) in [5, 5.41) is 9.26. The minimum Gasteiger partial charge on any atom is -0.481 e. The van der Waals surface area contributed by atoms with Crippen LogP contribution >= 0.6 is 0 Å². The van der Waals surface area contributed by atoms with Gasteiger partial charge in [-0.1, -0.05) is 0 Å². The van der Waals surface area contributed by atoms with E-state index in [2.05, 4.69) is 23.6 Å². The van der Waals surface area contributed by atoms with Crippen LogP contribution in [-0.4, -0.2) is 73.4 Å². The van der Waals surface area contributed by atoms with E-state index in [1.807, 2.05) is 7.05 Å². The highest BCUT2D eigenvalue weighted by atomic mass is 16.5. The molecular weight excluding hydrogens is 232 g/mol. The predicted molar refractivity (Wildman–Crippen MR) is 70.8 cm³/mol. The van der Waals surface area contributed by atoms with Crippen molar-refractivity contribution in [3.8, 4) is 0 Å².